The Balaban J connectivity index is 2.60. The maximum Gasteiger partial charge on any atom is 0.0873 e. The zero-order valence-electron chi connectivity index (χ0n) is 11.7. The zero-order valence-corrected chi connectivity index (χ0v) is 11.7. The van der Waals surface area contributed by atoms with Crippen LogP contribution in [0.15, 0.2) is 24.4 Å². The van der Waals surface area contributed by atoms with E-state index >= 15 is 0 Å². The molecule has 0 fully saturated rings. The van der Waals surface area contributed by atoms with Gasteiger partial charge in [0, 0.05) is 11.3 Å². The predicted molar refractivity (Wildman–Crippen MR) is 73.0 cm³/mol. The van der Waals surface area contributed by atoms with Crippen LogP contribution in [0, 0.1) is 20.8 Å². The minimum absolute atomic E-state index is 0.861. The molecular formula is C15H20N2O. The normalized spacial score (nSPS) is 11.9. The van der Waals surface area contributed by atoms with Gasteiger partial charge in [-0.3, -0.25) is 0 Å². The van der Waals surface area contributed by atoms with E-state index in [4.69, 9.17) is 0 Å². The van der Waals surface area contributed by atoms with Gasteiger partial charge in [-0.2, -0.15) is 5.10 Å². The number of hydrogen-bond acceptors (Lipinski definition) is 2. The summed E-state index contributed by atoms with van der Waals surface area (Å²) >= 11 is 0. The fourth-order valence-electron chi connectivity index (χ4n) is 2.22. The van der Waals surface area contributed by atoms with Crippen molar-refractivity contribution in [1.29, 1.82) is 0 Å². The van der Waals surface area contributed by atoms with Crippen LogP contribution in [-0.4, -0.2) is 14.9 Å². The van der Waals surface area contributed by atoms with Gasteiger partial charge >= 0.3 is 0 Å². The largest absolute Gasteiger partial charge is 0.386 e. The second kappa shape index (κ2) is 4.25. The van der Waals surface area contributed by atoms with E-state index in [1.165, 1.54) is 11.1 Å². The Hall–Kier alpha value is -1.61. The average molecular weight is 244 g/mol. The van der Waals surface area contributed by atoms with Crippen LogP contribution in [0.2, 0.25) is 0 Å². The first-order chi connectivity index (χ1) is 8.32. The molecule has 0 radical (unpaired) electrons. The number of aromatic nitrogens is 2. The molecule has 0 aliphatic rings. The van der Waals surface area contributed by atoms with E-state index in [1.807, 2.05) is 17.7 Å². The van der Waals surface area contributed by atoms with Crippen molar-refractivity contribution in [3.63, 3.8) is 0 Å². The van der Waals surface area contributed by atoms with Crippen LogP contribution < -0.4 is 0 Å². The van der Waals surface area contributed by atoms with Gasteiger partial charge in [0.05, 0.1) is 17.5 Å². The molecule has 1 aromatic heterocycles. The van der Waals surface area contributed by atoms with Crippen molar-refractivity contribution >= 4 is 0 Å². The molecule has 2 aromatic rings. The third-order valence-corrected chi connectivity index (χ3v) is 3.47. The second-order valence-corrected chi connectivity index (χ2v) is 5.33. The van der Waals surface area contributed by atoms with Gasteiger partial charge in [-0.1, -0.05) is 12.1 Å². The van der Waals surface area contributed by atoms with Gasteiger partial charge in [-0.15, -0.1) is 0 Å². The number of rotatable bonds is 2. The summed E-state index contributed by atoms with van der Waals surface area (Å²) < 4.78 is 1.90. The Labute approximate surface area is 108 Å². The van der Waals surface area contributed by atoms with Crippen LogP contribution >= 0.6 is 0 Å². The van der Waals surface area contributed by atoms with Crippen molar-refractivity contribution < 1.29 is 5.11 Å². The highest BCUT2D eigenvalue weighted by atomic mass is 16.3. The number of nitrogens with zero attached hydrogens (tertiary/aromatic N) is 2. The molecule has 0 saturated carbocycles. The summed E-state index contributed by atoms with van der Waals surface area (Å²) in [5, 5.41) is 14.5. The minimum atomic E-state index is -0.861. The number of hydrogen-bond donors (Lipinski definition) is 1. The van der Waals surface area contributed by atoms with Crippen LogP contribution in [0.5, 0.6) is 0 Å². The molecule has 18 heavy (non-hydrogen) atoms. The molecule has 0 bridgehead atoms. The van der Waals surface area contributed by atoms with Crippen molar-refractivity contribution in [2.75, 3.05) is 0 Å². The third kappa shape index (κ3) is 2.06. The van der Waals surface area contributed by atoms with E-state index < -0.39 is 5.60 Å². The van der Waals surface area contributed by atoms with E-state index in [0.29, 0.717) is 0 Å². The van der Waals surface area contributed by atoms with Gasteiger partial charge in [-0.25, -0.2) is 4.68 Å². The summed E-state index contributed by atoms with van der Waals surface area (Å²) in [6.45, 7) is 9.74. The van der Waals surface area contributed by atoms with Gasteiger partial charge in [0.25, 0.3) is 0 Å². The van der Waals surface area contributed by atoms with E-state index in [2.05, 4.69) is 31.1 Å². The van der Waals surface area contributed by atoms with Gasteiger partial charge < -0.3 is 5.11 Å². The fourth-order valence-corrected chi connectivity index (χ4v) is 2.22. The molecule has 96 valence electrons. The highest BCUT2D eigenvalue weighted by Gasteiger charge is 2.22. The van der Waals surface area contributed by atoms with E-state index in [1.54, 1.807) is 20.0 Å². The van der Waals surface area contributed by atoms with Crippen molar-refractivity contribution in [2.45, 2.75) is 40.2 Å². The summed E-state index contributed by atoms with van der Waals surface area (Å²) in [5.41, 5.74) is 4.51. The third-order valence-electron chi connectivity index (χ3n) is 3.47. The topological polar surface area (TPSA) is 38.0 Å². The van der Waals surface area contributed by atoms with Crippen LogP contribution in [0.3, 0.4) is 0 Å². The Morgan fingerprint density at radius 2 is 1.83 bits per heavy atom. The van der Waals surface area contributed by atoms with E-state index in [0.717, 1.165) is 16.9 Å². The molecule has 0 aliphatic heterocycles. The highest BCUT2D eigenvalue weighted by molar-refractivity contribution is 5.46. The first kappa shape index (κ1) is 12.8. The van der Waals surface area contributed by atoms with Gasteiger partial charge in [0.15, 0.2) is 0 Å². The maximum atomic E-state index is 10.1. The van der Waals surface area contributed by atoms with E-state index in [-0.39, 0.29) is 0 Å². The Morgan fingerprint density at radius 3 is 2.39 bits per heavy atom. The van der Waals surface area contributed by atoms with Gasteiger partial charge in [-0.05, 0) is 51.8 Å². The number of aryl methyl sites for hydroxylation is 1. The van der Waals surface area contributed by atoms with Crippen molar-refractivity contribution in [1.82, 2.24) is 9.78 Å². The predicted octanol–water partition coefficient (Wildman–Crippen LogP) is 3.02. The van der Waals surface area contributed by atoms with Crippen molar-refractivity contribution in [2.24, 2.45) is 0 Å². The smallest absolute Gasteiger partial charge is 0.0873 e. The molecule has 0 amide bonds. The Bertz CT molecular complexity index is 577. The standard InChI is InChI=1S/C15H20N2O/c1-10-7-6-8-14(11(10)2)17-12(3)13(9-16-17)15(4,5)18/h6-9,18H,1-5H3. The van der Waals surface area contributed by atoms with Crippen LogP contribution in [0.25, 0.3) is 5.69 Å². The molecule has 1 N–H and O–H groups in total. The molecule has 3 heteroatoms. The molecule has 0 spiro atoms. The molecule has 2 rings (SSSR count). The lowest BCUT2D eigenvalue weighted by Crippen LogP contribution is -2.16. The lowest BCUT2D eigenvalue weighted by molar-refractivity contribution is 0.0779. The second-order valence-electron chi connectivity index (χ2n) is 5.33. The van der Waals surface area contributed by atoms with Crippen molar-refractivity contribution in [3.05, 3.63) is 46.8 Å². The molecule has 1 aromatic carbocycles. The molecule has 3 nitrogen and oxygen atoms in total. The lowest BCUT2D eigenvalue weighted by Gasteiger charge is -2.17. The summed E-state index contributed by atoms with van der Waals surface area (Å²) in [5.74, 6) is 0. The summed E-state index contributed by atoms with van der Waals surface area (Å²) in [7, 11) is 0. The molecule has 0 aliphatic carbocycles. The van der Waals surface area contributed by atoms with Crippen LogP contribution in [0.4, 0.5) is 0 Å². The SMILES string of the molecule is Cc1cccc(-n2ncc(C(C)(C)O)c2C)c1C. The minimum Gasteiger partial charge on any atom is -0.386 e. The van der Waals surface area contributed by atoms with Gasteiger partial charge in [0.2, 0.25) is 0 Å². The molecule has 0 atom stereocenters. The molecule has 0 unspecified atom stereocenters. The monoisotopic (exact) mass is 244 g/mol. The van der Waals surface area contributed by atoms with Crippen molar-refractivity contribution in [3.8, 4) is 5.69 Å². The zero-order chi connectivity index (χ0) is 13.5. The molecule has 1 heterocycles. The molecule has 0 saturated heterocycles. The number of aliphatic hydroxyl groups is 1. The quantitative estimate of drug-likeness (QED) is 0.881. The first-order valence-electron chi connectivity index (χ1n) is 6.16. The Morgan fingerprint density at radius 1 is 1.17 bits per heavy atom. The number of benzene rings is 1. The Kier molecular flexibility index (Phi) is 3.03. The summed E-state index contributed by atoms with van der Waals surface area (Å²) in [4.78, 5) is 0. The lowest BCUT2D eigenvalue weighted by atomic mass is 9.99. The van der Waals surface area contributed by atoms with Crippen LogP contribution in [0.1, 0.15) is 36.2 Å². The summed E-state index contributed by atoms with van der Waals surface area (Å²) in [6, 6.07) is 6.17. The van der Waals surface area contributed by atoms with Crippen LogP contribution in [-0.2, 0) is 5.60 Å². The fraction of sp³-hybridized carbons (Fsp3) is 0.400. The molecular weight excluding hydrogens is 224 g/mol. The maximum absolute atomic E-state index is 10.1. The highest BCUT2D eigenvalue weighted by Crippen LogP contribution is 2.26. The summed E-state index contributed by atoms with van der Waals surface area (Å²) in [6.07, 6.45) is 1.75. The van der Waals surface area contributed by atoms with E-state index in [9.17, 15) is 5.11 Å². The first-order valence-corrected chi connectivity index (χ1v) is 6.16. The average Bonchev–Trinajstić information content (AvgIpc) is 2.64. The van der Waals surface area contributed by atoms with Gasteiger partial charge in [0.1, 0.15) is 0 Å².